The average Bonchev–Trinajstić information content (AvgIpc) is 1.51. The molecule has 9 heterocycles. The summed E-state index contributed by atoms with van der Waals surface area (Å²) < 4.78 is 6.40. The second kappa shape index (κ2) is 27.4. The van der Waals surface area contributed by atoms with Crippen LogP contribution < -0.4 is 0 Å². The SMILES string of the molecule is C.C.C.Clc1nc(Cl)nc(-n2c3ccccc3c3ccccc32)n1.Clc1nc(Cl)nc(Br)n1.c1ccc2c(c1)-c1ccccc1C21c2ccccc2-c2ccc(-c3nc(-n4c5ccccc5c5ccccc54)nc(-n4c5ncccc5c5cccnc54)n3)cc21.c1ccc2c(c1)[nH]c1ccccc12. The van der Waals surface area contributed by atoms with Gasteiger partial charge in [0.1, 0.15) is 11.3 Å². The fourth-order valence-corrected chi connectivity index (χ4v) is 15.8. The first-order chi connectivity index (χ1) is 49.2. The van der Waals surface area contributed by atoms with Crippen molar-refractivity contribution in [3.05, 3.63) is 321 Å². The second-order valence-corrected chi connectivity index (χ2v) is 25.8. The molecular formula is C83H58BrCl4N15. The Labute approximate surface area is 619 Å². The molecule has 0 saturated heterocycles. The maximum Gasteiger partial charge on any atom is 0.242 e. The van der Waals surface area contributed by atoms with Crippen molar-refractivity contribution >= 4 is 150 Å². The van der Waals surface area contributed by atoms with Crippen LogP contribution in [0.5, 0.6) is 0 Å². The Balaban J connectivity index is 0.000000150. The van der Waals surface area contributed by atoms with Gasteiger partial charge in [0.2, 0.25) is 43.7 Å². The number of para-hydroxylation sites is 6. The van der Waals surface area contributed by atoms with Crippen molar-refractivity contribution in [1.82, 2.24) is 73.5 Å². The van der Waals surface area contributed by atoms with Crippen LogP contribution in [0.1, 0.15) is 44.5 Å². The average molecular weight is 1490 g/mol. The maximum absolute atomic E-state index is 5.91. The van der Waals surface area contributed by atoms with Gasteiger partial charge in [0.25, 0.3) is 0 Å². The molecule has 20 heteroatoms. The Morgan fingerprint density at radius 2 is 0.641 bits per heavy atom. The third-order valence-electron chi connectivity index (χ3n) is 18.5. The number of hydrogen-bond donors (Lipinski definition) is 1. The molecule has 10 aromatic carbocycles. The number of hydrogen-bond acceptors (Lipinski definition) is 11. The summed E-state index contributed by atoms with van der Waals surface area (Å²) >= 11 is 25.5. The van der Waals surface area contributed by atoms with E-state index in [0.29, 0.717) is 28.4 Å². The van der Waals surface area contributed by atoms with Crippen molar-refractivity contribution in [1.29, 1.82) is 0 Å². The second-order valence-electron chi connectivity index (χ2n) is 23.8. The predicted molar refractivity (Wildman–Crippen MR) is 424 cm³/mol. The molecule has 0 radical (unpaired) electrons. The van der Waals surface area contributed by atoms with E-state index in [4.69, 9.17) is 71.3 Å². The van der Waals surface area contributed by atoms with Crippen LogP contribution in [0, 0.1) is 0 Å². The van der Waals surface area contributed by atoms with Gasteiger partial charge in [-0.3, -0.25) is 9.13 Å². The van der Waals surface area contributed by atoms with Gasteiger partial charge in [-0.15, -0.1) is 0 Å². The number of rotatable bonds is 4. The van der Waals surface area contributed by atoms with Crippen molar-refractivity contribution in [2.75, 3.05) is 0 Å². The zero-order valence-corrected chi connectivity index (χ0v) is 56.7. The molecule has 0 fully saturated rings. The van der Waals surface area contributed by atoms with E-state index in [1.807, 2.05) is 70.1 Å². The molecule has 0 unspecified atom stereocenters. The third-order valence-corrected chi connectivity index (χ3v) is 19.5. The molecular weight excluding hydrogens is 1430 g/mol. The van der Waals surface area contributed by atoms with Gasteiger partial charge in [-0.05, 0) is 174 Å². The first-order valence-corrected chi connectivity index (χ1v) is 34.1. The lowest BCUT2D eigenvalue weighted by Crippen LogP contribution is -2.25. The minimum atomic E-state index is -0.499. The Kier molecular flexibility index (Phi) is 17.9. The number of aromatic nitrogens is 15. The number of H-pyrrole nitrogens is 1. The molecule has 0 aliphatic heterocycles. The van der Waals surface area contributed by atoms with E-state index in [1.54, 1.807) is 0 Å². The van der Waals surface area contributed by atoms with Crippen molar-refractivity contribution < 1.29 is 0 Å². The highest BCUT2D eigenvalue weighted by atomic mass is 79.9. The summed E-state index contributed by atoms with van der Waals surface area (Å²) in [7, 11) is 0. The van der Waals surface area contributed by atoms with Crippen LogP contribution in [0.2, 0.25) is 21.1 Å². The van der Waals surface area contributed by atoms with E-state index in [0.717, 1.165) is 71.2 Å². The molecule has 2 aliphatic rings. The van der Waals surface area contributed by atoms with Crippen LogP contribution in [-0.2, 0) is 5.41 Å². The summed E-state index contributed by atoms with van der Waals surface area (Å²) in [6.07, 6.45) is 3.62. The van der Waals surface area contributed by atoms with Gasteiger partial charge < -0.3 is 4.98 Å². The van der Waals surface area contributed by atoms with E-state index in [1.165, 1.54) is 66.3 Å². The summed E-state index contributed by atoms with van der Waals surface area (Å²) in [6, 6.07) is 91.2. The lowest BCUT2D eigenvalue weighted by atomic mass is 9.70. The minimum absolute atomic E-state index is 0. The van der Waals surface area contributed by atoms with Crippen molar-refractivity contribution in [3.63, 3.8) is 0 Å². The number of fused-ring (bicyclic) bond motifs is 22. The molecule has 0 atom stereocenters. The number of halogens is 5. The van der Waals surface area contributed by atoms with Crippen molar-refractivity contribution in [2.24, 2.45) is 0 Å². The number of nitrogens with zero attached hydrogens (tertiary/aromatic N) is 14. The number of nitrogens with one attached hydrogen (secondary N) is 1. The van der Waals surface area contributed by atoms with E-state index >= 15 is 0 Å². The highest BCUT2D eigenvalue weighted by molar-refractivity contribution is 9.10. The summed E-state index contributed by atoms with van der Waals surface area (Å²) in [5, 5.41) is 9.41. The van der Waals surface area contributed by atoms with Crippen molar-refractivity contribution in [3.8, 4) is 51.5 Å². The van der Waals surface area contributed by atoms with Crippen LogP contribution in [0.4, 0.5) is 0 Å². The molecule has 0 saturated carbocycles. The van der Waals surface area contributed by atoms with E-state index in [-0.39, 0.29) is 43.4 Å². The third kappa shape index (κ3) is 11.3. The highest BCUT2D eigenvalue weighted by Gasteiger charge is 2.51. The van der Waals surface area contributed by atoms with Gasteiger partial charge >= 0.3 is 0 Å². The fraction of sp³-hybridized carbons (Fsp3) is 0.0482. The van der Waals surface area contributed by atoms with E-state index < -0.39 is 5.41 Å². The van der Waals surface area contributed by atoms with Gasteiger partial charge in [-0.2, -0.15) is 44.9 Å². The Bertz CT molecular complexity index is 6030. The van der Waals surface area contributed by atoms with Gasteiger partial charge in [-0.1, -0.05) is 216 Å². The molecule has 0 amide bonds. The molecule has 21 rings (SSSR count). The van der Waals surface area contributed by atoms with Crippen molar-refractivity contribution in [2.45, 2.75) is 27.7 Å². The molecule has 1 N–H and O–H groups in total. The summed E-state index contributed by atoms with van der Waals surface area (Å²) in [6.45, 7) is 0. The number of aromatic amines is 1. The van der Waals surface area contributed by atoms with Crippen LogP contribution in [0.15, 0.2) is 278 Å². The predicted octanol–water partition coefficient (Wildman–Crippen LogP) is 22.3. The van der Waals surface area contributed by atoms with Gasteiger partial charge in [0.15, 0.2) is 5.82 Å². The number of benzene rings is 10. The largest absolute Gasteiger partial charge is 0.355 e. The van der Waals surface area contributed by atoms with Crippen LogP contribution in [0.25, 0.3) is 139 Å². The standard InChI is InChI=1S/C50H29N7.C15H8Cl2N4.C12H9N.C3BrCl2N3.3CH4/c1-6-20-39-31(13-1)32-14-2-7-21-40(32)50(39)41-22-8-3-15-33(41)34-26-25-30(29-42(34)50)45-53-48(56-43-23-9-4-16-35(43)36-17-5-10-24-44(36)56)55-49(54-45)57-46-37(18-11-27-51-46)38-19-12-28-52-47(38)57;16-13-18-14(17)20-15(19-13)21-11-7-3-1-5-9(11)10-6-2-4-8-12(10)21;1-3-7-11-9(5-1)10-6-2-4-8-12(10)13-11;4-1-7-2(5)9-3(6)8-1;;;/h1-29H;1-8H;1-8,13H;;3*1H4. The first kappa shape index (κ1) is 67.2. The van der Waals surface area contributed by atoms with Gasteiger partial charge in [0.05, 0.1) is 27.5 Å². The Morgan fingerprint density at radius 3 is 1.07 bits per heavy atom. The lowest BCUT2D eigenvalue weighted by Gasteiger charge is -2.30. The van der Waals surface area contributed by atoms with Crippen LogP contribution >= 0.6 is 62.3 Å². The zero-order valence-electron chi connectivity index (χ0n) is 52.1. The van der Waals surface area contributed by atoms with Crippen LogP contribution in [0.3, 0.4) is 0 Å². The van der Waals surface area contributed by atoms with E-state index in [9.17, 15) is 0 Å². The molecule has 1 spiro atoms. The molecule has 0 bridgehead atoms. The van der Waals surface area contributed by atoms with Gasteiger partial charge in [0, 0.05) is 72.1 Å². The quantitative estimate of drug-likeness (QED) is 0.178. The lowest BCUT2D eigenvalue weighted by molar-refractivity contribution is 0.793. The van der Waals surface area contributed by atoms with Gasteiger partial charge in [-0.25, -0.2) is 14.5 Å². The molecule has 19 aromatic rings. The Hall–Kier alpha value is -11.6. The highest BCUT2D eigenvalue weighted by Crippen LogP contribution is 2.63. The molecule has 15 nitrogen and oxygen atoms in total. The Morgan fingerprint density at radius 1 is 0.301 bits per heavy atom. The molecule has 9 aromatic heterocycles. The minimum Gasteiger partial charge on any atom is -0.355 e. The fourth-order valence-electron chi connectivity index (χ4n) is 14.6. The molecule has 103 heavy (non-hydrogen) atoms. The topological polar surface area (TPSA) is 172 Å². The molecule has 2 aliphatic carbocycles. The summed E-state index contributed by atoms with van der Waals surface area (Å²) in [4.78, 5) is 52.1. The summed E-state index contributed by atoms with van der Waals surface area (Å²) in [5.74, 6) is 1.94. The smallest absolute Gasteiger partial charge is 0.242 e. The monoisotopic (exact) mass is 1480 g/mol. The number of pyridine rings is 2. The normalized spacial score (nSPS) is 12.0. The maximum atomic E-state index is 5.91. The van der Waals surface area contributed by atoms with E-state index in [2.05, 4.69) is 268 Å². The van der Waals surface area contributed by atoms with Crippen LogP contribution in [-0.4, -0.2) is 73.5 Å². The first-order valence-electron chi connectivity index (χ1n) is 31.8. The zero-order chi connectivity index (χ0) is 67.2. The molecule has 500 valence electrons. The summed E-state index contributed by atoms with van der Waals surface area (Å²) in [5.41, 5.74) is 18.4.